The standard InChI is InChI=1S/C22H27IN2O3/c1-4-16(2)24-22(27)17(3)25(14-18-8-6-5-7-9-18)21(26)15-28-20-12-10-19(23)11-13-20/h5-13,16-17H,4,14-15H2,1-3H3,(H,24,27)/t16-,17+/m0/s1. The molecule has 2 aromatic carbocycles. The number of rotatable bonds is 9. The van der Waals surface area contributed by atoms with Gasteiger partial charge < -0.3 is 15.0 Å². The summed E-state index contributed by atoms with van der Waals surface area (Å²) in [6.45, 7) is 5.95. The Labute approximate surface area is 180 Å². The van der Waals surface area contributed by atoms with E-state index < -0.39 is 6.04 Å². The molecule has 2 aromatic rings. The minimum atomic E-state index is -0.595. The molecule has 2 rings (SSSR count). The van der Waals surface area contributed by atoms with Gasteiger partial charge in [-0.1, -0.05) is 37.3 Å². The summed E-state index contributed by atoms with van der Waals surface area (Å²) in [6, 6.07) is 16.6. The van der Waals surface area contributed by atoms with Crippen LogP contribution in [0.15, 0.2) is 54.6 Å². The fourth-order valence-corrected chi connectivity index (χ4v) is 2.95. The van der Waals surface area contributed by atoms with Crippen LogP contribution in [0.25, 0.3) is 0 Å². The zero-order valence-electron chi connectivity index (χ0n) is 16.5. The number of carbonyl (C=O) groups excluding carboxylic acids is 2. The zero-order valence-corrected chi connectivity index (χ0v) is 18.7. The van der Waals surface area contributed by atoms with Crippen LogP contribution in [0.4, 0.5) is 0 Å². The van der Waals surface area contributed by atoms with Crippen molar-refractivity contribution in [3.8, 4) is 5.75 Å². The Morgan fingerprint density at radius 3 is 2.32 bits per heavy atom. The number of ether oxygens (including phenoxy) is 1. The molecule has 6 heteroatoms. The van der Waals surface area contributed by atoms with Crippen molar-refractivity contribution in [3.63, 3.8) is 0 Å². The van der Waals surface area contributed by atoms with Crippen LogP contribution in [0.1, 0.15) is 32.8 Å². The average molecular weight is 494 g/mol. The minimum absolute atomic E-state index is 0.0617. The highest BCUT2D eigenvalue weighted by molar-refractivity contribution is 14.1. The van der Waals surface area contributed by atoms with Crippen molar-refractivity contribution in [1.29, 1.82) is 0 Å². The van der Waals surface area contributed by atoms with E-state index in [1.165, 1.54) is 0 Å². The Balaban J connectivity index is 2.10. The van der Waals surface area contributed by atoms with Gasteiger partial charge in [-0.3, -0.25) is 9.59 Å². The first-order valence-electron chi connectivity index (χ1n) is 9.42. The fourth-order valence-electron chi connectivity index (χ4n) is 2.59. The van der Waals surface area contributed by atoms with Gasteiger partial charge in [0.2, 0.25) is 5.91 Å². The zero-order chi connectivity index (χ0) is 20.5. The van der Waals surface area contributed by atoms with Gasteiger partial charge >= 0.3 is 0 Å². The number of carbonyl (C=O) groups is 2. The first-order chi connectivity index (χ1) is 13.4. The quantitative estimate of drug-likeness (QED) is 0.537. The molecule has 0 saturated carbocycles. The Morgan fingerprint density at radius 1 is 1.07 bits per heavy atom. The molecule has 0 aliphatic carbocycles. The normalized spacial score (nSPS) is 12.7. The van der Waals surface area contributed by atoms with Crippen molar-refractivity contribution in [3.05, 3.63) is 63.7 Å². The van der Waals surface area contributed by atoms with Crippen LogP contribution in [-0.4, -0.2) is 35.4 Å². The summed E-state index contributed by atoms with van der Waals surface area (Å²) in [4.78, 5) is 27.1. The number of nitrogens with one attached hydrogen (secondary N) is 1. The molecular formula is C22H27IN2O3. The second-order valence-corrected chi connectivity index (χ2v) is 7.99. The monoisotopic (exact) mass is 494 g/mol. The highest BCUT2D eigenvalue weighted by Crippen LogP contribution is 2.15. The SMILES string of the molecule is CC[C@H](C)NC(=O)[C@@H](C)N(Cc1ccccc1)C(=O)COc1ccc(I)cc1. The van der Waals surface area contributed by atoms with Crippen molar-refractivity contribution >= 4 is 34.4 Å². The summed E-state index contributed by atoms with van der Waals surface area (Å²) in [7, 11) is 0. The van der Waals surface area contributed by atoms with Crippen LogP contribution in [0.5, 0.6) is 5.75 Å². The molecule has 0 spiro atoms. The third kappa shape index (κ3) is 6.82. The number of halogens is 1. The highest BCUT2D eigenvalue weighted by Gasteiger charge is 2.27. The van der Waals surface area contributed by atoms with E-state index in [0.29, 0.717) is 12.3 Å². The van der Waals surface area contributed by atoms with E-state index in [-0.39, 0.29) is 24.5 Å². The predicted octanol–water partition coefficient (Wildman–Crippen LogP) is 4.00. The highest BCUT2D eigenvalue weighted by atomic mass is 127. The van der Waals surface area contributed by atoms with Gasteiger partial charge in [-0.05, 0) is 72.7 Å². The second kappa shape index (κ2) is 11.0. The van der Waals surface area contributed by atoms with Crippen LogP contribution in [0.2, 0.25) is 0 Å². The van der Waals surface area contributed by atoms with Gasteiger partial charge in [-0.15, -0.1) is 0 Å². The van der Waals surface area contributed by atoms with Crippen LogP contribution in [0, 0.1) is 3.57 Å². The van der Waals surface area contributed by atoms with Crippen molar-refractivity contribution < 1.29 is 14.3 Å². The van der Waals surface area contributed by atoms with Crippen LogP contribution < -0.4 is 10.1 Å². The molecule has 0 aliphatic heterocycles. The Hall–Kier alpha value is -2.09. The molecule has 0 saturated heterocycles. The summed E-state index contributed by atoms with van der Waals surface area (Å²) < 4.78 is 6.74. The smallest absolute Gasteiger partial charge is 0.261 e. The summed E-state index contributed by atoms with van der Waals surface area (Å²) in [5, 5.41) is 2.96. The molecule has 2 atom stereocenters. The van der Waals surface area contributed by atoms with Crippen molar-refractivity contribution in [2.45, 2.75) is 45.8 Å². The average Bonchev–Trinajstić information content (AvgIpc) is 2.71. The van der Waals surface area contributed by atoms with Gasteiger partial charge in [0.05, 0.1) is 0 Å². The molecular weight excluding hydrogens is 467 g/mol. The van der Waals surface area contributed by atoms with Gasteiger partial charge in [-0.2, -0.15) is 0 Å². The molecule has 1 N–H and O–H groups in total. The van der Waals surface area contributed by atoms with E-state index in [1.54, 1.807) is 11.8 Å². The first kappa shape index (κ1) is 22.2. The summed E-state index contributed by atoms with van der Waals surface area (Å²) in [6.07, 6.45) is 0.834. The van der Waals surface area contributed by atoms with Crippen LogP contribution in [0.3, 0.4) is 0 Å². The van der Waals surface area contributed by atoms with Crippen LogP contribution >= 0.6 is 22.6 Å². The van der Waals surface area contributed by atoms with E-state index in [2.05, 4.69) is 27.9 Å². The summed E-state index contributed by atoms with van der Waals surface area (Å²) in [5.74, 6) is 0.243. The molecule has 0 aliphatic rings. The lowest BCUT2D eigenvalue weighted by atomic mass is 10.1. The Kier molecular flexibility index (Phi) is 8.76. The molecule has 0 fully saturated rings. The largest absolute Gasteiger partial charge is 0.484 e. The molecule has 0 radical (unpaired) electrons. The van der Waals surface area contributed by atoms with Gasteiger partial charge in [0.15, 0.2) is 6.61 Å². The Bertz CT molecular complexity index is 765. The Morgan fingerprint density at radius 2 is 1.71 bits per heavy atom. The molecule has 0 heterocycles. The maximum Gasteiger partial charge on any atom is 0.261 e. The number of hydrogen-bond donors (Lipinski definition) is 1. The number of amides is 2. The molecule has 28 heavy (non-hydrogen) atoms. The topological polar surface area (TPSA) is 58.6 Å². The summed E-state index contributed by atoms with van der Waals surface area (Å²) in [5.41, 5.74) is 0.966. The number of benzene rings is 2. The van der Waals surface area contributed by atoms with E-state index in [9.17, 15) is 9.59 Å². The maximum absolute atomic E-state index is 12.9. The molecule has 0 aromatic heterocycles. The maximum atomic E-state index is 12.9. The van der Waals surface area contributed by atoms with Crippen molar-refractivity contribution in [1.82, 2.24) is 10.2 Å². The van der Waals surface area contributed by atoms with E-state index in [4.69, 9.17) is 4.74 Å². The minimum Gasteiger partial charge on any atom is -0.484 e. The predicted molar refractivity (Wildman–Crippen MR) is 119 cm³/mol. The molecule has 2 amide bonds. The fraction of sp³-hybridized carbons (Fsp3) is 0.364. The van der Waals surface area contributed by atoms with Crippen molar-refractivity contribution in [2.75, 3.05) is 6.61 Å². The molecule has 5 nitrogen and oxygen atoms in total. The van der Waals surface area contributed by atoms with E-state index in [0.717, 1.165) is 15.6 Å². The van der Waals surface area contributed by atoms with Gasteiger partial charge in [0.1, 0.15) is 11.8 Å². The third-order valence-corrected chi connectivity index (χ3v) is 5.26. The molecule has 0 unspecified atom stereocenters. The molecule has 150 valence electrons. The van der Waals surface area contributed by atoms with Crippen molar-refractivity contribution in [2.24, 2.45) is 0 Å². The third-order valence-electron chi connectivity index (χ3n) is 4.54. The first-order valence-corrected chi connectivity index (χ1v) is 10.5. The lowest BCUT2D eigenvalue weighted by molar-refractivity contribution is -0.142. The summed E-state index contributed by atoms with van der Waals surface area (Å²) >= 11 is 2.21. The van der Waals surface area contributed by atoms with E-state index in [1.807, 2.05) is 68.4 Å². The lowest BCUT2D eigenvalue weighted by Crippen LogP contribution is -2.50. The second-order valence-electron chi connectivity index (χ2n) is 6.74. The molecule has 0 bridgehead atoms. The van der Waals surface area contributed by atoms with Gasteiger partial charge in [-0.25, -0.2) is 0 Å². The number of nitrogens with zero attached hydrogens (tertiary/aromatic N) is 1. The van der Waals surface area contributed by atoms with Gasteiger partial charge in [0, 0.05) is 16.2 Å². The van der Waals surface area contributed by atoms with Crippen LogP contribution in [-0.2, 0) is 16.1 Å². The van der Waals surface area contributed by atoms with E-state index >= 15 is 0 Å². The lowest BCUT2D eigenvalue weighted by Gasteiger charge is -2.29. The number of hydrogen-bond acceptors (Lipinski definition) is 3. The van der Waals surface area contributed by atoms with Gasteiger partial charge in [0.25, 0.3) is 5.91 Å².